The van der Waals surface area contributed by atoms with Crippen LogP contribution in [0.15, 0.2) is 40.9 Å². The van der Waals surface area contributed by atoms with Crippen LogP contribution in [0, 0.1) is 5.92 Å². The number of rotatable bonds is 4. The first-order valence-electron chi connectivity index (χ1n) is 8.69. The molecule has 7 heteroatoms. The van der Waals surface area contributed by atoms with Crippen molar-refractivity contribution in [3.63, 3.8) is 0 Å². The lowest BCUT2D eigenvalue weighted by Gasteiger charge is -2.35. The lowest BCUT2D eigenvalue weighted by Crippen LogP contribution is -2.43. The molecule has 5 rings (SSSR count). The zero-order valence-electron chi connectivity index (χ0n) is 14.3. The van der Waals surface area contributed by atoms with Gasteiger partial charge in [0.05, 0.1) is 12.8 Å². The van der Waals surface area contributed by atoms with Crippen LogP contribution in [0.5, 0.6) is 0 Å². The van der Waals surface area contributed by atoms with Crippen LogP contribution in [0.3, 0.4) is 0 Å². The molecule has 0 saturated carbocycles. The average Bonchev–Trinajstić information content (AvgIpc) is 2.84. The normalized spacial score (nSPS) is 25.2. The van der Waals surface area contributed by atoms with Gasteiger partial charge >= 0.3 is 0 Å². The van der Waals surface area contributed by atoms with Crippen molar-refractivity contribution in [3.05, 3.63) is 42.2 Å². The van der Waals surface area contributed by atoms with Gasteiger partial charge in [-0.25, -0.2) is 12.7 Å². The van der Waals surface area contributed by atoms with E-state index in [9.17, 15) is 8.42 Å². The van der Waals surface area contributed by atoms with E-state index in [0.29, 0.717) is 25.6 Å². The third-order valence-corrected chi connectivity index (χ3v) is 6.49. The zero-order chi connectivity index (χ0) is 17.4. The smallest absolute Gasteiger partial charge is 0.211 e. The van der Waals surface area contributed by atoms with E-state index in [-0.39, 0.29) is 6.04 Å². The van der Waals surface area contributed by atoms with Gasteiger partial charge in [0, 0.05) is 37.3 Å². The van der Waals surface area contributed by atoms with Crippen LogP contribution in [0.25, 0.3) is 11.3 Å². The van der Waals surface area contributed by atoms with Crippen LogP contribution in [0.1, 0.15) is 18.6 Å². The highest BCUT2D eigenvalue weighted by Gasteiger charge is 2.37. The number of hydrogen-bond acceptors (Lipinski definition) is 5. The van der Waals surface area contributed by atoms with E-state index in [0.717, 1.165) is 36.4 Å². The molecule has 0 N–H and O–H groups in total. The summed E-state index contributed by atoms with van der Waals surface area (Å²) in [5.74, 6) is 1.22. The second kappa shape index (κ2) is 6.55. The summed E-state index contributed by atoms with van der Waals surface area (Å²) >= 11 is 0. The van der Waals surface area contributed by atoms with Gasteiger partial charge < -0.3 is 4.52 Å². The van der Waals surface area contributed by atoms with Crippen LogP contribution in [0.4, 0.5) is 0 Å². The molecule has 3 aliphatic heterocycles. The fourth-order valence-corrected chi connectivity index (χ4v) is 4.86. The summed E-state index contributed by atoms with van der Waals surface area (Å²) in [5.41, 5.74) is 1.88. The van der Waals surface area contributed by atoms with E-state index in [2.05, 4.69) is 10.1 Å². The third-order valence-electron chi connectivity index (χ3n) is 5.25. The minimum Gasteiger partial charge on any atom is -0.359 e. The summed E-state index contributed by atoms with van der Waals surface area (Å²) < 4.78 is 31.1. The van der Waals surface area contributed by atoms with Crippen LogP contribution in [0.2, 0.25) is 0 Å². The largest absolute Gasteiger partial charge is 0.359 e. The highest BCUT2D eigenvalue weighted by molar-refractivity contribution is 7.88. The van der Waals surface area contributed by atoms with E-state index >= 15 is 0 Å². The maximum atomic E-state index is 12.0. The first-order chi connectivity index (χ1) is 12.0. The Morgan fingerprint density at radius 3 is 2.72 bits per heavy atom. The molecule has 4 heterocycles. The first-order valence-corrected chi connectivity index (χ1v) is 10.5. The van der Waals surface area contributed by atoms with Gasteiger partial charge in [-0.1, -0.05) is 35.5 Å². The molecule has 3 fully saturated rings. The van der Waals surface area contributed by atoms with Gasteiger partial charge in [-0.15, -0.1) is 0 Å². The summed E-state index contributed by atoms with van der Waals surface area (Å²) in [6, 6.07) is 12.2. The summed E-state index contributed by atoms with van der Waals surface area (Å²) in [6.45, 7) is 2.81. The van der Waals surface area contributed by atoms with Gasteiger partial charge in [0.1, 0.15) is 5.69 Å². The van der Waals surface area contributed by atoms with Crippen molar-refractivity contribution >= 4 is 10.0 Å². The highest BCUT2D eigenvalue weighted by atomic mass is 32.2. The van der Waals surface area contributed by atoms with Gasteiger partial charge in [0.25, 0.3) is 0 Å². The van der Waals surface area contributed by atoms with E-state index in [1.807, 2.05) is 36.4 Å². The maximum absolute atomic E-state index is 12.0. The molecular formula is C18H23N3O3S. The van der Waals surface area contributed by atoms with Crippen molar-refractivity contribution in [2.75, 3.05) is 25.9 Å². The fourth-order valence-electron chi connectivity index (χ4n) is 3.93. The van der Waals surface area contributed by atoms with Crippen molar-refractivity contribution in [2.45, 2.75) is 25.4 Å². The second-order valence-corrected chi connectivity index (χ2v) is 9.13. The Morgan fingerprint density at radius 2 is 1.96 bits per heavy atom. The van der Waals surface area contributed by atoms with Crippen molar-refractivity contribution < 1.29 is 12.9 Å². The number of fused-ring (bicyclic) bond motifs is 4. The molecule has 0 amide bonds. The Bertz CT molecular complexity index is 834. The predicted molar refractivity (Wildman–Crippen MR) is 95.3 cm³/mol. The molecule has 2 aromatic rings. The molecule has 0 radical (unpaired) electrons. The molecule has 0 aliphatic carbocycles. The van der Waals surface area contributed by atoms with E-state index in [4.69, 9.17) is 4.52 Å². The van der Waals surface area contributed by atoms with Crippen LogP contribution in [-0.4, -0.2) is 54.7 Å². The molecule has 3 aliphatic rings. The van der Waals surface area contributed by atoms with Gasteiger partial charge in [-0.05, 0) is 18.8 Å². The number of hydrogen-bond donors (Lipinski definition) is 0. The zero-order valence-corrected chi connectivity index (χ0v) is 15.2. The summed E-state index contributed by atoms with van der Waals surface area (Å²) in [7, 11) is -3.13. The number of nitrogens with zero attached hydrogens (tertiary/aromatic N) is 3. The van der Waals surface area contributed by atoms with Crippen molar-refractivity contribution in [1.82, 2.24) is 14.4 Å². The molecule has 2 bridgehead atoms. The highest BCUT2D eigenvalue weighted by Crippen LogP contribution is 2.30. The van der Waals surface area contributed by atoms with Gasteiger partial charge in [0.2, 0.25) is 10.0 Å². The van der Waals surface area contributed by atoms with E-state index < -0.39 is 10.0 Å². The molecule has 6 nitrogen and oxygen atoms in total. The van der Waals surface area contributed by atoms with Gasteiger partial charge in [-0.3, -0.25) is 4.90 Å². The van der Waals surface area contributed by atoms with Crippen molar-refractivity contribution in [1.29, 1.82) is 0 Å². The predicted octanol–water partition coefficient (Wildman–Crippen LogP) is 2.20. The van der Waals surface area contributed by atoms with Crippen molar-refractivity contribution in [3.8, 4) is 11.3 Å². The minimum atomic E-state index is -3.13. The molecule has 0 spiro atoms. The van der Waals surface area contributed by atoms with E-state index in [1.165, 1.54) is 6.26 Å². The Labute approximate surface area is 148 Å². The molecule has 2 atom stereocenters. The summed E-state index contributed by atoms with van der Waals surface area (Å²) in [5, 5.41) is 4.18. The summed E-state index contributed by atoms with van der Waals surface area (Å²) in [6.07, 6.45) is 3.44. The molecule has 3 saturated heterocycles. The molecular weight excluding hydrogens is 338 g/mol. The average molecular weight is 361 g/mol. The van der Waals surface area contributed by atoms with Crippen molar-refractivity contribution in [2.24, 2.45) is 5.92 Å². The fraction of sp³-hybridized carbons (Fsp3) is 0.500. The number of sulfonamides is 1. The Hall–Kier alpha value is -1.70. The van der Waals surface area contributed by atoms with Crippen LogP contribution >= 0.6 is 0 Å². The van der Waals surface area contributed by atoms with Gasteiger partial charge in [0.15, 0.2) is 5.76 Å². The third kappa shape index (κ3) is 3.63. The Kier molecular flexibility index (Phi) is 4.39. The number of aromatic nitrogens is 1. The molecule has 25 heavy (non-hydrogen) atoms. The second-order valence-electron chi connectivity index (χ2n) is 7.15. The topological polar surface area (TPSA) is 66.7 Å². The van der Waals surface area contributed by atoms with Crippen LogP contribution in [-0.2, 0) is 16.6 Å². The van der Waals surface area contributed by atoms with Crippen LogP contribution < -0.4 is 0 Å². The van der Waals surface area contributed by atoms with Gasteiger partial charge in [-0.2, -0.15) is 0 Å². The monoisotopic (exact) mass is 361 g/mol. The first kappa shape index (κ1) is 16.8. The Balaban J connectivity index is 1.49. The van der Waals surface area contributed by atoms with E-state index in [1.54, 1.807) is 4.31 Å². The molecule has 1 aromatic carbocycles. The standard InChI is InChI=1S/C18H23N3O3S/c1-25(22,23)21-11-14-7-8-16(12-21)20(10-14)13-17-9-18(19-24-17)15-5-3-2-4-6-15/h2-6,9,14,16H,7-8,10-13H2,1H3/t14-,16-/m0/s1. The molecule has 134 valence electrons. The lowest BCUT2D eigenvalue weighted by atomic mass is 9.95. The quantitative estimate of drug-likeness (QED) is 0.835. The summed E-state index contributed by atoms with van der Waals surface area (Å²) in [4.78, 5) is 2.36. The lowest BCUT2D eigenvalue weighted by molar-refractivity contribution is 0.113. The number of piperidine rings is 1. The minimum absolute atomic E-state index is 0.249. The SMILES string of the molecule is CS(=O)(=O)N1C[C@H]2CC[C@@H](C1)N(Cc1cc(-c3ccccc3)no1)C2. The number of benzene rings is 1. The molecule has 1 aromatic heterocycles. The maximum Gasteiger partial charge on any atom is 0.211 e. The molecule has 0 unspecified atom stereocenters. The Morgan fingerprint density at radius 1 is 1.16 bits per heavy atom.